The number of hydrogen-bond donors (Lipinski definition) is 1. The van der Waals surface area contributed by atoms with Crippen LogP contribution in [-0.2, 0) is 0 Å². The van der Waals surface area contributed by atoms with E-state index in [1.54, 1.807) is 0 Å². The lowest BCUT2D eigenvalue weighted by molar-refractivity contribution is -0.384. The normalized spacial score (nSPS) is 23.1. The molecular formula is C13H17FN2O2S. The van der Waals surface area contributed by atoms with E-state index in [1.165, 1.54) is 18.6 Å². The molecule has 0 saturated heterocycles. The average molecular weight is 284 g/mol. The number of anilines is 1. The molecule has 0 aromatic heterocycles. The van der Waals surface area contributed by atoms with E-state index in [2.05, 4.69) is 11.6 Å². The van der Waals surface area contributed by atoms with Crippen LogP contribution in [0, 0.1) is 15.9 Å². The Morgan fingerprint density at radius 1 is 1.47 bits per heavy atom. The second-order valence-electron chi connectivity index (χ2n) is 4.78. The highest BCUT2D eigenvalue weighted by molar-refractivity contribution is 7.99. The predicted molar refractivity (Wildman–Crippen MR) is 76.2 cm³/mol. The van der Waals surface area contributed by atoms with Crippen LogP contribution in [0.25, 0.3) is 0 Å². The molecule has 4 nitrogen and oxygen atoms in total. The topological polar surface area (TPSA) is 55.2 Å². The predicted octanol–water partition coefficient (Wildman–Crippen LogP) is 3.82. The molecule has 1 N–H and O–H groups in total. The molecule has 1 aromatic carbocycles. The minimum absolute atomic E-state index is 0.0623. The SMILES string of the molecule is CSC1CCCC(Nc2cc(F)ccc2[N+](=O)[O-])C1. The Hall–Kier alpha value is -1.30. The average Bonchev–Trinajstić information content (AvgIpc) is 2.38. The maximum Gasteiger partial charge on any atom is 0.292 e. The van der Waals surface area contributed by atoms with Crippen molar-refractivity contribution in [1.82, 2.24) is 0 Å². The first kappa shape index (κ1) is 14.1. The van der Waals surface area contributed by atoms with Crippen LogP contribution in [0.2, 0.25) is 0 Å². The van der Waals surface area contributed by atoms with Crippen LogP contribution in [0.15, 0.2) is 18.2 Å². The number of thioether (sulfide) groups is 1. The Labute approximate surface area is 115 Å². The number of nitro benzene ring substituents is 1. The Bertz CT molecular complexity index is 470. The van der Waals surface area contributed by atoms with Gasteiger partial charge in [-0.1, -0.05) is 6.42 Å². The van der Waals surface area contributed by atoms with E-state index in [4.69, 9.17) is 0 Å². The summed E-state index contributed by atoms with van der Waals surface area (Å²) in [7, 11) is 0. The van der Waals surface area contributed by atoms with Crippen LogP contribution in [-0.4, -0.2) is 22.5 Å². The van der Waals surface area contributed by atoms with Gasteiger partial charge < -0.3 is 5.32 Å². The van der Waals surface area contributed by atoms with Crippen molar-refractivity contribution in [2.24, 2.45) is 0 Å². The molecule has 2 atom stereocenters. The minimum Gasteiger partial charge on any atom is -0.377 e. The van der Waals surface area contributed by atoms with Gasteiger partial charge in [0.2, 0.25) is 0 Å². The van der Waals surface area contributed by atoms with Crippen molar-refractivity contribution in [3.63, 3.8) is 0 Å². The van der Waals surface area contributed by atoms with Crippen LogP contribution in [0.1, 0.15) is 25.7 Å². The highest BCUT2D eigenvalue weighted by atomic mass is 32.2. The maximum absolute atomic E-state index is 13.2. The van der Waals surface area contributed by atoms with Crippen molar-refractivity contribution in [3.8, 4) is 0 Å². The number of nitrogens with one attached hydrogen (secondary N) is 1. The van der Waals surface area contributed by atoms with Crippen molar-refractivity contribution in [2.45, 2.75) is 37.0 Å². The zero-order valence-electron chi connectivity index (χ0n) is 10.8. The van der Waals surface area contributed by atoms with Gasteiger partial charge in [0.25, 0.3) is 5.69 Å². The summed E-state index contributed by atoms with van der Waals surface area (Å²) in [4.78, 5) is 10.5. The Morgan fingerprint density at radius 2 is 2.26 bits per heavy atom. The molecule has 19 heavy (non-hydrogen) atoms. The van der Waals surface area contributed by atoms with E-state index in [9.17, 15) is 14.5 Å². The summed E-state index contributed by atoms with van der Waals surface area (Å²) in [5.41, 5.74) is 0.226. The zero-order chi connectivity index (χ0) is 13.8. The quantitative estimate of drug-likeness (QED) is 0.674. The van der Waals surface area contributed by atoms with Gasteiger partial charge in [0, 0.05) is 23.4 Å². The summed E-state index contributed by atoms with van der Waals surface area (Å²) in [6, 6.07) is 3.73. The third-order valence-corrected chi connectivity index (χ3v) is 4.57. The summed E-state index contributed by atoms with van der Waals surface area (Å²) >= 11 is 1.83. The zero-order valence-corrected chi connectivity index (χ0v) is 11.6. The van der Waals surface area contributed by atoms with E-state index in [-0.39, 0.29) is 17.4 Å². The molecule has 1 fully saturated rings. The van der Waals surface area contributed by atoms with Crippen LogP contribution in [0.5, 0.6) is 0 Å². The van der Waals surface area contributed by atoms with Gasteiger partial charge in [-0.25, -0.2) is 4.39 Å². The fourth-order valence-corrected chi connectivity index (χ4v) is 3.32. The number of nitro groups is 1. The number of nitrogens with zero attached hydrogens (tertiary/aromatic N) is 1. The number of rotatable bonds is 4. The summed E-state index contributed by atoms with van der Waals surface area (Å²) in [6.07, 6.45) is 6.31. The van der Waals surface area contributed by atoms with E-state index in [1.807, 2.05) is 11.8 Å². The Kier molecular flexibility index (Phi) is 4.63. The largest absolute Gasteiger partial charge is 0.377 e. The van der Waals surface area contributed by atoms with Gasteiger partial charge in [0.05, 0.1) is 4.92 Å². The van der Waals surface area contributed by atoms with E-state index < -0.39 is 10.7 Å². The molecule has 6 heteroatoms. The van der Waals surface area contributed by atoms with Crippen LogP contribution in [0.3, 0.4) is 0 Å². The van der Waals surface area contributed by atoms with Crippen molar-refractivity contribution in [2.75, 3.05) is 11.6 Å². The molecule has 2 unspecified atom stereocenters. The van der Waals surface area contributed by atoms with Crippen LogP contribution >= 0.6 is 11.8 Å². The monoisotopic (exact) mass is 284 g/mol. The molecule has 1 saturated carbocycles. The third kappa shape index (κ3) is 3.59. The molecule has 1 aliphatic rings. The molecular weight excluding hydrogens is 267 g/mol. The lowest BCUT2D eigenvalue weighted by Gasteiger charge is -2.29. The molecule has 0 spiro atoms. The standard InChI is InChI=1S/C13H17FN2O2S/c1-19-11-4-2-3-10(8-11)15-12-7-9(14)5-6-13(12)16(17)18/h5-7,10-11,15H,2-4,8H2,1H3. The van der Waals surface area contributed by atoms with Gasteiger partial charge in [-0.2, -0.15) is 11.8 Å². The van der Waals surface area contributed by atoms with Gasteiger partial charge in [0.1, 0.15) is 11.5 Å². The number of halogens is 1. The summed E-state index contributed by atoms with van der Waals surface area (Å²) in [5, 5.41) is 14.7. The summed E-state index contributed by atoms with van der Waals surface area (Å²) < 4.78 is 13.2. The first-order chi connectivity index (χ1) is 9.10. The van der Waals surface area contributed by atoms with Crippen molar-refractivity contribution < 1.29 is 9.31 Å². The molecule has 1 aliphatic carbocycles. The van der Waals surface area contributed by atoms with Gasteiger partial charge in [-0.3, -0.25) is 10.1 Å². The molecule has 0 bridgehead atoms. The van der Waals surface area contributed by atoms with E-state index in [0.717, 1.165) is 25.3 Å². The molecule has 0 aliphatic heterocycles. The van der Waals surface area contributed by atoms with Gasteiger partial charge in [0.15, 0.2) is 0 Å². The molecule has 1 aromatic rings. The van der Waals surface area contributed by atoms with Crippen LogP contribution in [0.4, 0.5) is 15.8 Å². The maximum atomic E-state index is 13.2. The molecule has 0 radical (unpaired) electrons. The molecule has 0 heterocycles. The summed E-state index contributed by atoms with van der Waals surface area (Å²) in [6.45, 7) is 0. The first-order valence-corrected chi connectivity index (χ1v) is 7.62. The highest BCUT2D eigenvalue weighted by Gasteiger charge is 2.23. The molecule has 2 rings (SSSR count). The first-order valence-electron chi connectivity index (χ1n) is 6.33. The lowest BCUT2D eigenvalue weighted by atomic mass is 9.94. The number of hydrogen-bond acceptors (Lipinski definition) is 4. The molecule has 0 amide bonds. The van der Waals surface area contributed by atoms with E-state index in [0.29, 0.717) is 5.25 Å². The third-order valence-electron chi connectivity index (χ3n) is 3.47. The second kappa shape index (κ2) is 6.23. The van der Waals surface area contributed by atoms with E-state index >= 15 is 0 Å². The second-order valence-corrected chi connectivity index (χ2v) is 5.92. The Morgan fingerprint density at radius 3 is 2.95 bits per heavy atom. The molecule has 104 valence electrons. The number of benzene rings is 1. The Balaban J connectivity index is 2.13. The fourth-order valence-electron chi connectivity index (χ4n) is 2.49. The van der Waals surface area contributed by atoms with Gasteiger partial charge in [-0.15, -0.1) is 0 Å². The van der Waals surface area contributed by atoms with Crippen LogP contribution < -0.4 is 5.32 Å². The van der Waals surface area contributed by atoms with Crippen molar-refractivity contribution in [3.05, 3.63) is 34.1 Å². The van der Waals surface area contributed by atoms with Crippen molar-refractivity contribution >= 4 is 23.1 Å². The fraction of sp³-hybridized carbons (Fsp3) is 0.538. The highest BCUT2D eigenvalue weighted by Crippen LogP contribution is 2.32. The van der Waals surface area contributed by atoms with Gasteiger partial charge >= 0.3 is 0 Å². The minimum atomic E-state index is -0.476. The smallest absolute Gasteiger partial charge is 0.292 e. The van der Waals surface area contributed by atoms with Crippen molar-refractivity contribution in [1.29, 1.82) is 0 Å². The summed E-state index contributed by atoms with van der Waals surface area (Å²) in [5.74, 6) is -0.453. The lowest BCUT2D eigenvalue weighted by Crippen LogP contribution is -2.28. The van der Waals surface area contributed by atoms with Gasteiger partial charge in [-0.05, 0) is 31.6 Å².